The van der Waals surface area contributed by atoms with Gasteiger partial charge in [-0.3, -0.25) is 9.59 Å². The zero-order valence-corrected chi connectivity index (χ0v) is 17.3. The predicted molar refractivity (Wildman–Crippen MR) is 113 cm³/mol. The second-order valence-corrected chi connectivity index (χ2v) is 6.64. The lowest BCUT2D eigenvalue weighted by molar-refractivity contribution is 0.0587. The monoisotopic (exact) mass is 438 g/mol. The second-order valence-electron chi connectivity index (χ2n) is 6.64. The van der Waals surface area contributed by atoms with Crippen molar-refractivity contribution in [2.75, 3.05) is 19.5 Å². The van der Waals surface area contributed by atoms with Gasteiger partial charge >= 0.3 is 11.9 Å². The fraction of sp³-hybridized carbons (Fsp3) is 0.130. The van der Waals surface area contributed by atoms with E-state index in [1.807, 2.05) is 0 Å². The first kappa shape index (κ1) is 22.4. The number of amides is 1. The molecule has 0 saturated heterocycles. The van der Waals surface area contributed by atoms with Crippen LogP contribution in [-0.2, 0) is 16.0 Å². The molecule has 1 aromatic heterocycles. The van der Waals surface area contributed by atoms with Gasteiger partial charge in [0.1, 0.15) is 11.4 Å². The summed E-state index contributed by atoms with van der Waals surface area (Å²) in [5, 5.41) is 2.47. The minimum Gasteiger partial charge on any atom is -0.465 e. The Hall–Kier alpha value is -4.27. The van der Waals surface area contributed by atoms with Crippen molar-refractivity contribution in [1.29, 1.82) is 0 Å². The summed E-state index contributed by atoms with van der Waals surface area (Å²) in [4.78, 5) is 49.6. The van der Waals surface area contributed by atoms with Crippen LogP contribution in [0.3, 0.4) is 0 Å². The van der Waals surface area contributed by atoms with Crippen molar-refractivity contribution in [3.05, 3.63) is 99.2 Å². The number of nitrogens with zero attached hydrogens (tertiary/aromatic N) is 1. The molecule has 1 heterocycles. The van der Waals surface area contributed by atoms with Gasteiger partial charge < -0.3 is 19.4 Å². The molecule has 0 fully saturated rings. The molecule has 0 spiro atoms. The standard InChI is InChI=1S/C23H19FN2O6/c1-31-22(29)14-9-10-16(23(30)32-2)19(12-14)25-20(27)17-7-5-11-26(21(17)28)13-15-6-3-4-8-18(15)24/h3-12H,13H2,1-2H3,(H,25,27). The minimum absolute atomic E-state index is 0.0175. The predicted octanol–water partition coefficient (Wildman–Crippen LogP) is 2.86. The molecule has 2 aromatic carbocycles. The molecule has 32 heavy (non-hydrogen) atoms. The van der Waals surface area contributed by atoms with Crippen molar-refractivity contribution >= 4 is 23.5 Å². The zero-order valence-electron chi connectivity index (χ0n) is 17.3. The van der Waals surface area contributed by atoms with Crippen LogP contribution in [0.2, 0.25) is 0 Å². The van der Waals surface area contributed by atoms with E-state index in [2.05, 4.69) is 10.1 Å². The van der Waals surface area contributed by atoms with Crippen LogP contribution in [-0.4, -0.2) is 36.6 Å². The van der Waals surface area contributed by atoms with Crippen LogP contribution in [0.5, 0.6) is 0 Å². The molecule has 0 bridgehead atoms. The van der Waals surface area contributed by atoms with Crippen molar-refractivity contribution < 1.29 is 28.2 Å². The van der Waals surface area contributed by atoms with E-state index in [1.165, 1.54) is 73.5 Å². The number of hydrogen-bond donors (Lipinski definition) is 1. The first-order valence-electron chi connectivity index (χ1n) is 9.40. The molecule has 164 valence electrons. The highest BCUT2D eigenvalue weighted by Gasteiger charge is 2.20. The molecule has 0 atom stereocenters. The summed E-state index contributed by atoms with van der Waals surface area (Å²) >= 11 is 0. The Kier molecular flexibility index (Phi) is 6.79. The maximum atomic E-state index is 14.0. The van der Waals surface area contributed by atoms with E-state index in [9.17, 15) is 23.6 Å². The maximum Gasteiger partial charge on any atom is 0.339 e. The Balaban J connectivity index is 1.95. The number of benzene rings is 2. The summed E-state index contributed by atoms with van der Waals surface area (Å²) in [6.07, 6.45) is 1.43. The van der Waals surface area contributed by atoms with Crippen molar-refractivity contribution in [3.63, 3.8) is 0 Å². The van der Waals surface area contributed by atoms with Gasteiger partial charge in [0.25, 0.3) is 11.5 Å². The van der Waals surface area contributed by atoms with E-state index in [-0.39, 0.29) is 34.5 Å². The van der Waals surface area contributed by atoms with E-state index in [0.717, 1.165) is 0 Å². The zero-order chi connectivity index (χ0) is 23.3. The number of anilines is 1. The van der Waals surface area contributed by atoms with Crippen LogP contribution < -0.4 is 10.9 Å². The third-order valence-electron chi connectivity index (χ3n) is 4.66. The number of aromatic nitrogens is 1. The maximum absolute atomic E-state index is 14.0. The number of carbonyl (C=O) groups is 3. The fourth-order valence-electron chi connectivity index (χ4n) is 3.01. The molecule has 0 aliphatic rings. The Bertz CT molecular complexity index is 1250. The molecule has 0 aliphatic carbocycles. The summed E-state index contributed by atoms with van der Waals surface area (Å²) in [5.41, 5.74) is -0.573. The number of methoxy groups -OCH3 is 2. The number of pyridine rings is 1. The number of carbonyl (C=O) groups excluding carboxylic acids is 3. The summed E-state index contributed by atoms with van der Waals surface area (Å²) in [6, 6.07) is 12.7. The Labute approximate surface area is 182 Å². The number of nitrogens with one attached hydrogen (secondary N) is 1. The van der Waals surface area contributed by atoms with E-state index in [0.29, 0.717) is 0 Å². The topological polar surface area (TPSA) is 104 Å². The van der Waals surface area contributed by atoms with Crippen LogP contribution in [0.1, 0.15) is 36.6 Å². The van der Waals surface area contributed by atoms with Crippen LogP contribution >= 0.6 is 0 Å². The molecule has 0 radical (unpaired) electrons. The number of ether oxygens (including phenoxy) is 2. The van der Waals surface area contributed by atoms with Crippen LogP contribution in [0, 0.1) is 5.82 Å². The average Bonchev–Trinajstić information content (AvgIpc) is 2.80. The van der Waals surface area contributed by atoms with Crippen molar-refractivity contribution in [1.82, 2.24) is 4.57 Å². The SMILES string of the molecule is COC(=O)c1ccc(C(=O)OC)c(NC(=O)c2cccn(Cc3ccccc3F)c2=O)c1. The first-order chi connectivity index (χ1) is 15.3. The number of hydrogen-bond acceptors (Lipinski definition) is 6. The van der Waals surface area contributed by atoms with Gasteiger partial charge in [0.05, 0.1) is 37.6 Å². The Morgan fingerprint density at radius 1 is 0.938 bits per heavy atom. The number of rotatable bonds is 6. The molecule has 0 unspecified atom stereocenters. The highest BCUT2D eigenvalue weighted by atomic mass is 19.1. The Morgan fingerprint density at radius 3 is 2.34 bits per heavy atom. The van der Waals surface area contributed by atoms with E-state index < -0.39 is 29.2 Å². The molecule has 9 heteroatoms. The molecule has 1 N–H and O–H groups in total. The number of esters is 2. The quantitative estimate of drug-likeness (QED) is 0.594. The Morgan fingerprint density at radius 2 is 1.66 bits per heavy atom. The summed E-state index contributed by atoms with van der Waals surface area (Å²) < 4.78 is 24.5. The van der Waals surface area contributed by atoms with Crippen LogP contribution in [0.25, 0.3) is 0 Å². The van der Waals surface area contributed by atoms with E-state index in [4.69, 9.17) is 4.74 Å². The van der Waals surface area contributed by atoms with Crippen LogP contribution in [0.4, 0.5) is 10.1 Å². The van der Waals surface area contributed by atoms with Gasteiger partial charge in [-0.2, -0.15) is 0 Å². The molecular formula is C23H19FN2O6. The highest BCUT2D eigenvalue weighted by molar-refractivity contribution is 6.08. The van der Waals surface area contributed by atoms with Gasteiger partial charge in [-0.25, -0.2) is 14.0 Å². The molecule has 8 nitrogen and oxygen atoms in total. The van der Waals surface area contributed by atoms with Gasteiger partial charge in [-0.05, 0) is 36.4 Å². The lowest BCUT2D eigenvalue weighted by Crippen LogP contribution is -2.29. The third kappa shape index (κ3) is 4.72. The highest BCUT2D eigenvalue weighted by Crippen LogP contribution is 2.20. The van der Waals surface area contributed by atoms with E-state index >= 15 is 0 Å². The summed E-state index contributed by atoms with van der Waals surface area (Å²) in [5.74, 6) is -2.72. The lowest BCUT2D eigenvalue weighted by Gasteiger charge is -2.12. The molecular weight excluding hydrogens is 419 g/mol. The summed E-state index contributed by atoms with van der Waals surface area (Å²) in [6.45, 7) is -0.0716. The van der Waals surface area contributed by atoms with Gasteiger partial charge in [0.15, 0.2) is 0 Å². The van der Waals surface area contributed by atoms with Crippen molar-refractivity contribution in [3.8, 4) is 0 Å². The molecule has 0 aliphatic heterocycles. The van der Waals surface area contributed by atoms with Gasteiger partial charge in [-0.1, -0.05) is 18.2 Å². The molecule has 3 aromatic rings. The molecule has 1 amide bonds. The molecule has 3 rings (SSSR count). The fourth-order valence-corrected chi connectivity index (χ4v) is 3.01. The van der Waals surface area contributed by atoms with Gasteiger partial charge in [-0.15, -0.1) is 0 Å². The van der Waals surface area contributed by atoms with Gasteiger partial charge in [0.2, 0.25) is 0 Å². The largest absolute Gasteiger partial charge is 0.465 e. The third-order valence-corrected chi connectivity index (χ3v) is 4.66. The first-order valence-corrected chi connectivity index (χ1v) is 9.40. The van der Waals surface area contributed by atoms with E-state index in [1.54, 1.807) is 6.07 Å². The van der Waals surface area contributed by atoms with Gasteiger partial charge in [0, 0.05) is 11.8 Å². The normalized spacial score (nSPS) is 10.3. The van der Waals surface area contributed by atoms with Crippen LogP contribution in [0.15, 0.2) is 65.6 Å². The summed E-state index contributed by atoms with van der Waals surface area (Å²) in [7, 11) is 2.36. The molecule has 0 saturated carbocycles. The second kappa shape index (κ2) is 9.69. The minimum atomic E-state index is -0.815. The van der Waals surface area contributed by atoms with Crippen molar-refractivity contribution in [2.45, 2.75) is 6.54 Å². The lowest BCUT2D eigenvalue weighted by atomic mass is 10.1. The smallest absolute Gasteiger partial charge is 0.339 e. The number of halogens is 1. The average molecular weight is 438 g/mol. The van der Waals surface area contributed by atoms with Crippen molar-refractivity contribution in [2.24, 2.45) is 0 Å².